The van der Waals surface area contributed by atoms with Gasteiger partial charge < -0.3 is 15.7 Å². The summed E-state index contributed by atoms with van der Waals surface area (Å²) >= 11 is 5.84. The number of carbonyl (C=O) groups is 1. The molecule has 1 aromatic heterocycles. The molecule has 2 aliphatic rings. The normalized spacial score (nSPS) is 25.7. The summed E-state index contributed by atoms with van der Waals surface area (Å²) in [7, 11) is 0. The minimum Gasteiger partial charge on any atom is -0.465 e. The molecule has 2 aliphatic heterocycles. The maximum atomic E-state index is 11.2. The fourth-order valence-electron chi connectivity index (χ4n) is 3.03. The van der Waals surface area contributed by atoms with Crippen LogP contribution in [0.5, 0.6) is 0 Å². The zero-order valence-corrected chi connectivity index (χ0v) is 10.9. The van der Waals surface area contributed by atoms with Crippen molar-refractivity contribution in [3.63, 3.8) is 0 Å². The summed E-state index contributed by atoms with van der Waals surface area (Å²) in [5.41, 5.74) is 6.56. The number of rotatable bonds is 1. The van der Waals surface area contributed by atoms with Gasteiger partial charge >= 0.3 is 6.09 Å². The maximum absolute atomic E-state index is 11.2. The topological polar surface area (TPSA) is 95.6 Å². The zero-order valence-electron chi connectivity index (χ0n) is 10.2. The Balaban J connectivity index is 1.86. The highest BCUT2D eigenvalue weighted by Crippen LogP contribution is 2.34. The van der Waals surface area contributed by atoms with Gasteiger partial charge in [-0.25, -0.2) is 4.79 Å². The van der Waals surface area contributed by atoms with Crippen LogP contribution in [-0.2, 0) is 0 Å². The monoisotopic (exact) mass is 283 g/mol. The molecule has 2 atom stereocenters. The molecule has 3 N–H and O–H groups in total. The second-order valence-electron chi connectivity index (χ2n) is 4.92. The lowest BCUT2D eigenvalue weighted by atomic mass is 10.2. The van der Waals surface area contributed by atoms with Gasteiger partial charge in [0, 0.05) is 19.2 Å². The lowest BCUT2D eigenvalue weighted by Gasteiger charge is -2.40. The van der Waals surface area contributed by atoms with E-state index in [1.165, 1.54) is 0 Å². The van der Waals surface area contributed by atoms with Crippen molar-refractivity contribution >= 4 is 29.2 Å². The fraction of sp³-hybridized carbons (Fsp3) is 0.545. The first-order chi connectivity index (χ1) is 9.06. The van der Waals surface area contributed by atoms with Gasteiger partial charge in [0.1, 0.15) is 0 Å². The van der Waals surface area contributed by atoms with Crippen molar-refractivity contribution in [3.05, 3.63) is 11.2 Å². The number of anilines is 2. The van der Waals surface area contributed by atoms with Crippen LogP contribution in [0.4, 0.5) is 16.3 Å². The molecule has 0 radical (unpaired) electrons. The van der Waals surface area contributed by atoms with Gasteiger partial charge in [0.05, 0.1) is 17.8 Å². The number of halogens is 1. The van der Waals surface area contributed by atoms with E-state index in [1.807, 2.05) is 0 Å². The first-order valence-corrected chi connectivity index (χ1v) is 6.49. The molecule has 2 fully saturated rings. The Bertz CT molecular complexity index is 512. The van der Waals surface area contributed by atoms with E-state index in [4.69, 9.17) is 17.3 Å². The van der Waals surface area contributed by atoms with Crippen molar-refractivity contribution in [2.24, 2.45) is 0 Å². The third-order valence-electron chi connectivity index (χ3n) is 3.82. The molecule has 1 amide bonds. The maximum Gasteiger partial charge on any atom is 0.407 e. The lowest BCUT2D eigenvalue weighted by molar-refractivity contribution is 0.115. The molecular formula is C11H14ClN5O2. The quantitative estimate of drug-likeness (QED) is 0.799. The zero-order chi connectivity index (χ0) is 13.6. The summed E-state index contributed by atoms with van der Waals surface area (Å²) in [4.78, 5) is 14.8. The van der Waals surface area contributed by atoms with Crippen LogP contribution in [0.25, 0.3) is 0 Å². The van der Waals surface area contributed by atoms with Crippen molar-refractivity contribution in [3.8, 4) is 0 Å². The highest BCUT2D eigenvalue weighted by Gasteiger charge is 2.43. The Morgan fingerprint density at radius 1 is 1.37 bits per heavy atom. The molecule has 0 saturated carbocycles. The number of piperazine rings is 1. The highest BCUT2D eigenvalue weighted by atomic mass is 35.5. The average Bonchev–Trinajstić information content (AvgIpc) is 2.64. The molecule has 7 nitrogen and oxygen atoms in total. The molecule has 3 rings (SSSR count). The Labute approximate surface area is 115 Å². The molecular weight excluding hydrogens is 270 g/mol. The van der Waals surface area contributed by atoms with Crippen LogP contribution in [0.1, 0.15) is 12.8 Å². The molecule has 2 saturated heterocycles. The van der Waals surface area contributed by atoms with Crippen LogP contribution in [0, 0.1) is 0 Å². The molecule has 1 aromatic rings. The Morgan fingerprint density at radius 2 is 2.00 bits per heavy atom. The van der Waals surface area contributed by atoms with Gasteiger partial charge in [-0.05, 0) is 12.8 Å². The van der Waals surface area contributed by atoms with Crippen LogP contribution in [0.3, 0.4) is 0 Å². The van der Waals surface area contributed by atoms with E-state index in [0.29, 0.717) is 18.9 Å². The van der Waals surface area contributed by atoms with Crippen LogP contribution in [0.2, 0.25) is 5.15 Å². The van der Waals surface area contributed by atoms with E-state index in [1.54, 1.807) is 11.0 Å². The number of nitrogen functional groups attached to an aromatic ring is 1. The van der Waals surface area contributed by atoms with Gasteiger partial charge in [0.15, 0.2) is 11.0 Å². The summed E-state index contributed by atoms with van der Waals surface area (Å²) in [5, 5.41) is 17.0. The Hall–Kier alpha value is -1.76. The second kappa shape index (κ2) is 4.41. The predicted molar refractivity (Wildman–Crippen MR) is 70.3 cm³/mol. The molecule has 8 heteroatoms. The van der Waals surface area contributed by atoms with E-state index in [9.17, 15) is 9.90 Å². The largest absolute Gasteiger partial charge is 0.465 e. The molecule has 0 aliphatic carbocycles. The molecule has 102 valence electrons. The molecule has 3 heterocycles. The van der Waals surface area contributed by atoms with Gasteiger partial charge in [-0.1, -0.05) is 11.6 Å². The Morgan fingerprint density at radius 3 is 2.58 bits per heavy atom. The van der Waals surface area contributed by atoms with Crippen molar-refractivity contribution in [1.29, 1.82) is 0 Å². The molecule has 19 heavy (non-hydrogen) atoms. The molecule has 0 spiro atoms. The minimum absolute atomic E-state index is 0.0163. The standard InChI is InChI=1S/C11H14ClN5O2/c12-9-3-8(10(13)15-14-9)16-4-6-1-2-7(5-16)17(6)11(18)19/h3,6-7H,1-2,4-5H2,(H2,13,15)(H,18,19). The Kier molecular flexibility index (Phi) is 2.85. The molecule has 0 aromatic carbocycles. The number of nitrogens with two attached hydrogens (primary N) is 1. The summed E-state index contributed by atoms with van der Waals surface area (Å²) in [6.45, 7) is 1.24. The number of nitrogens with zero attached hydrogens (tertiary/aromatic N) is 4. The number of fused-ring (bicyclic) bond motifs is 2. The van der Waals surface area contributed by atoms with Crippen LogP contribution in [0.15, 0.2) is 6.07 Å². The third-order valence-corrected chi connectivity index (χ3v) is 4.00. The number of hydrogen-bond donors (Lipinski definition) is 2. The van der Waals surface area contributed by atoms with Crippen molar-refractivity contribution < 1.29 is 9.90 Å². The highest BCUT2D eigenvalue weighted by molar-refractivity contribution is 6.29. The fourth-order valence-corrected chi connectivity index (χ4v) is 3.17. The van der Waals surface area contributed by atoms with E-state index >= 15 is 0 Å². The first kappa shape index (κ1) is 12.3. The minimum atomic E-state index is -0.842. The van der Waals surface area contributed by atoms with Crippen molar-refractivity contribution in [2.75, 3.05) is 23.7 Å². The third kappa shape index (κ3) is 2.03. The van der Waals surface area contributed by atoms with Gasteiger partial charge in [-0.2, -0.15) is 0 Å². The number of carboxylic acid groups (broad SMARTS) is 1. The van der Waals surface area contributed by atoms with Crippen molar-refractivity contribution in [1.82, 2.24) is 15.1 Å². The smallest absolute Gasteiger partial charge is 0.407 e. The van der Waals surface area contributed by atoms with E-state index in [-0.39, 0.29) is 17.2 Å². The number of aromatic nitrogens is 2. The van der Waals surface area contributed by atoms with E-state index in [2.05, 4.69) is 15.1 Å². The lowest BCUT2D eigenvalue weighted by Crippen LogP contribution is -2.55. The molecule has 2 bridgehead atoms. The number of amides is 1. The van der Waals surface area contributed by atoms with Gasteiger partial charge in [0.25, 0.3) is 0 Å². The SMILES string of the molecule is Nc1nnc(Cl)cc1N1CC2CCC(C1)N2C(=O)O. The number of hydrogen-bond acceptors (Lipinski definition) is 5. The molecule has 2 unspecified atom stereocenters. The summed E-state index contributed by atoms with van der Waals surface area (Å²) in [6.07, 6.45) is 0.935. The summed E-state index contributed by atoms with van der Waals surface area (Å²) in [5.74, 6) is 0.326. The summed E-state index contributed by atoms with van der Waals surface area (Å²) in [6, 6.07) is 1.71. The van der Waals surface area contributed by atoms with Crippen molar-refractivity contribution in [2.45, 2.75) is 24.9 Å². The summed E-state index contributed by atoms with van der Waals surface area (Å²) < 4.78 is 0. The van der Waals surface area contributed by atoms with Crippen LogP contribution < -0.4 is 10.6 Å². The van der Waals surface area contributed by atoms with Gasteiger partial charge in [-0.3, -0.25) is 4.90 Å². The van der Waals surface area contributed by atoms with E-state index < -0.39 is 6.09 Å². The average molecular weight is 284 g/mol. The van der Waals surface area contributed by atoms with Gasteiger partial charge in [0.2, 0.25) is 0 Å². The first-order valence-electron chi connectivity index (χ1n) is 6.11. The van der Waals surface area contributed by atoms with Crippen LogP contribution in [-0.4, -0.2) is 51.5 Å². The second-order valence-corrected chi connectivity index (χ2v) is 5.30. The van der Waals surface area contributed by atoms with Gasteiger partial charge in [-0.15, -0.1) is 10.2 Å². The van der Waals surface area contributed by atoms with Crippen LogP contribution >= 0.6 is 11.6 Å². The van der Waals surface area contributed by atoms with E-state index in [0.717, 1.165) is 18.5 Å². The predicted octanol–water partition coefficient (Wildman–Crippen LogP) is 1.04.